The molecule has 0 aliphatic carbocycles. The summed E-state index contributed by atoms with van der Waals surface area (Å²) in [7, 11) is 1.88. The molecule has 0 radical (unpaired) electrons. The van der Waals surface area contributed by atoms with Crippen LogP contribution in [0.4, 0.5) is 0 Å². The minimum absolute atomic E-state index is 0.174. The number of benzene rings is 1. The van der Waals surface area contributed by atoms with Crippen LogP contribution in [0.2, 0.25) is 0 Å². The number of aromatic nitrogens is 2. The van der Waals surface area contributed by atoms with Crippen molar-refractivity contribution in [2.45, 2.75) is 13.3 Å². The van der Waals surface area contributed by atoms with Gasteiger partial charge in [0.1, 0.15) is 0 Å². The molecule has 0 aliphatic heterocycles. The molecular weight excluding hydrogens is 176 g/mol. The number of rotatable bonds is 2. The maximum atomic E-state index is 11.5. The van der Waals surface area contributed by atoms with Gasteiger partial charge in [-0.1, -0.05) is 19.1 Å². The number of hydrogen-bond acceptors (Lipinski definition) is 2. The molecular formula is C11H12N2O. The summed E-state index contributed by atoms with van der Waals surface area (Å²) in [4.78, 5) is 11.5. The van der Waals surface area contributed by atoms with Gasteiger partial charge in [0.2, 0.25) is 0 Å². The van der Waals surface area contributed by atoms with Gasteiger partial charge in [-0.2, -0.15) is 5.10 Å². The van der Waals surface area contributed by atoms with Gasteiger partial charge < -0.3 is 0 Å². The number of ketones is 1. The van der Waals surface area contributed by atoms with E-state index in [1.165, 1.54) is 0 Å². The van der Waals surface area contributed by atoms with Crippen molar-refractivity contribution in [1.29, 1.82) is 0 Å². The van der Waals surface area contributed by atoms with E-state index in [0.717, 1.165) is 16.5 Å². The van der Waals surface area contributed by atoms with Crippen molar-refractivity contribution in [2.75, 3.05) is 0 Å². The number of fused-ring (bicyclic) bond motifs is 1. The molecule has 0 unspecified atom stereocenters. The third-order valence-electron chi connectivity index (χ3n) is 2.39. The fourth-order valence-electron chi connectivity index (χ4n) is 1.52. The predicted molar refractivity (Wildman–Crippen MR) is 55.3 cm³/mol. The van der Waals surface area contributed by atoms with Crippen LogP contribution in [0, 0.1) is 0 Å². The fraction of sp³-hybridized carbons (Fsp3) is 0.273. The van der Waals surface area contributed by atoms with E-state index >= 15 is 0 Å². The predicted octanol–water partition coefficient (Wildman–Crippen LogP) is 2.17. The van der Waals surface area contributed by atoms with Crippen LogP contribution in [0.5, 0.6) is 0 Å². The number of Topliss-reactive ketones (excluding diaryl/α,β-unsaturated/α-hetero) is 1. The normalized spacial score (nSPS) is 10.7. The van der Waals surface area contributed by atoms with Gasteiger partial charge in [0, 0.05) is 24.4 Å². The Hall–Kier alpha value is -1.64. The Morgan fingerprint density at radius 3 is 3.00 bits per heavy atom. The molecule has 0 saturated carbocycles. The van der Waals surface area contributed by atoms with Gasteiger partial charge in [-0.25, -0.2) is 0 Å². The Morgan fingerprint density at radius 2 is 2.29 bits per heavy atom. The lowest BCUT2D eigenvalue weighted by Gasteiger charge is -1.99. The molecule has 1 aromatic heterocycles. The Labute approximate surface area is 82.3 Å². The molecule has 0 amide bonds. The quantitative estimate of drug-likeness (QED) is 0.677. The molecule has 0 spiro atoms. The highest BCUT2D eigenvalue weighted by molar-refractivity contribution is 5.99. The molecule has 0 bridgehead atoms. The standard InChI is InChI=1S/C11H12N2O/c1-3-11(14)8-4-5-9-7-12-13(2)10(9)6-8/h4-7H,3H2,1-2H3. The maximum Gasteiger partial charge on any atom is 0.162 e. The van der Waals surface area contributed by atoms with E-state index in [1.807, 2.05) is 32.2 Å². The second-order valence-electron chi connectivity index (χ2n) is 3.32. The van der Waals surface area contributed by atoms with Crippen molar-refractivity contribution in [1.82, 2.24) is 9.78 Å². The van der Waals surface area contributed by atoms with Gasteiger partial charge in [0.25, 0.3) is 0 Å². The summed E-state index contributed by atoms with van der Waals surface area (Å²) < 4.78 is 1.78. The molecule has 0 atom stereocenters. The number of aryl methyl sites for hydroxylation is 1. The summed E-state index contributed by atoms with van der Waals surface area (Å²) >= 11 is 0. The summed E-state index contributed by atoms with van der Waals surface area (Å²) in [5.74, 6) is 0.174. The molecule has 3 heteroatoms. The fourth-order valence-corrected chi connectivity index (χ4v) is 1.52. The Balaban J connectivity index is 2.60. The second-order valence-corrected chi connectivity index (χ2v) is 3.32. The summed E-state index contributed by atoms with van der Waals surface area (Å²) in [5, 5.41) is 5.20. The van der Waals surface area contributed by atoms with Gasteiger partial charge in [0.05, 0.1) is 11.7 Å². The topological polar surface area (TPSA) is 34.9 Å². The average Bonchev–Trinajstić information content (AvgIpc) is 2.59. The number of hydrogen-bond donors (Lipinski definition) is 0. The van der Waals surface area contributed by atoms with Gasteiger partial charge in [-0.15, -0.1) is 0 Å². The van der Waals surface area contributed by atoms with Crippen molar-refractivity contribution >= 4 is 16.7 Å². The molecule has 0 N–H and O–H groups in total. The van der Waals surface area contributed by atoms with Crippen LogP contribution in [-0.2, 0) is 7.05 Å². The lowest BCUT2D eigenvalue weighted by atomic mass is 10.1. The highest BCUT2D eigenvalue weighted by Crippen LogP contribution is 2.15. The Bertz CT molecular complexity index is 485. The van der Waals surface area contributed by atoms with E-state index < -0.39 is 0 Å². The van der Waals surface area contributed by atoms with Gasteiger partial charge in [0.15, 0.2) is 5.78 Å². The highest BCUT2D eigenvalue weighted by Gasteiger charge is 2.05. The monoisotopic (exact) mass is 188 g/mol. The zero-order valence-electron chi connectivity index (χ0n) is 8.32. The van der Waals surface area contributed by atoms with Gasteiger partial charge >= 0.3 is 0 Å². The largest absolute Gasteiger partial charge is 0.294 e. The third-order valence-corrected chi connectivity index (χ3v) is 2.39. The third kappa shape index (κ3) is 1.31. The first-order valence-corrected chi connectivity index (χ1v) is 4.67. The molecule has 3 nitrogen and oxygen atoms in total. The van der Waals surface area contributed by atoms with Gasteiger partial charge in [-0.3, -0.25) is 9.48 Å². The Morgan fingerprint density at radius 1 is 1.50 bits per heavy atom. The highest BCUT2D eigenvalue weighted by atomic mass is 16.1. The van der Waals surface area contributed by atoms with Crippen LogP contribution in [0.3, 0.4) is 0 Å². The number of carbonyl (C=O) groups excluding carboxylic acids is 1. The molecule has 72 valence electrons. The van der Waals surface area contributed by atoms with Gasteiger partial charge in [-0.05, 0) is 6.07 Å². The summed E-state index contributed by atoms with van der Waals surface area (Å²) in [6, 6.07) is 5.69. The lowest BCUT2D eigenvalue weighted by Crippen LogP contribution is -1.97. The Kier molecular flexibility index (Phi) is 2.08. The minimum Gasteiger partial charge on any atom is -0.294 e. The molecule has 1 aromatic carbocycles. The maximum absolute atomic E-state index is 11.5. The van der Waals surface area contributed by atoms with Crippen LogP contribution in [-0.4, -0.2) is 15.6 Å². The van der Waals surface area contributed by atoms with E-state index in [1.54, 1.807) is 10.9 Å². The molecule has 14 heavy (non-hydrogen) atoms. The van der Waals surface area contributed by atoms with Crippen LogP contribution >= 0.6 is 0 Å². The number of carbonyl (C=O) groups is 1. The summed E-state index contributed by atoms with van der Waals surface area (Å²) in [6.07, 6.45) is 2.35. The first kappa shape index (κ1) is 8.94. The van der Waals surface area contributed by atoms with E-state index in [4.69, 9.17) is 0 Å². The van der Waals surface area contributed by atoms with Crippen LogP contribution in [0.15, 0.2) is 24.4 Å². The van der Waals surface area contributed by atoms with Crippen LogP contribution in [0.1, 0.15) is 23.7 Å². The van der Waals surface area contributed by atoms with Crippen molar-refractivity contribution in [2.24, 2.45) is 7.05 Å². The van der Waals surface area contributed by atoms with E-state index in [2.05, 4.69) is 5.10 Å². The number of nitrogens with zero attached hydrogens (tertiary/aromatic N) is 2. The SMILES string of the molecule is CCC(=O)c1ccc2cnn(C)c2c1. The lowest BCUT2D eigenvalue weighted by molar-refractivity contribution is 0.0988. The van der Waals surface area contributed by atoms with Crippen molar-refractivity contribution in [3.05, 3.63) is 30.0 Å². The van der Waals surface area contributed by atoms with Crippen molar-refractivity contribution in [3.8, 4) is 0 Å². The van der Waals surface area contributed by atoms with E-state index in [0.29, 0.717) is 6.42 Å². The minimum atomic E-state index is 0.174. The summed E-state index contributed by atoms with van der Waals surface area (Å²) in [5.41, 5.74) is 1.77. The van der Waals surface area contributed by atoms with E-state index in [-0.39, 0.29) is 5.78 Å². The van der Waals surface area contributed by atoms with Crippen LogP contribution < -0.4 is 0 Å². The average molecular weight is 188 g/mol. The second kappa shape index (κ2) is 3.25. The van der Waals surface area contributed by atoms with Crippen molar-refractivity contribution < 1.29 is 4.79 Å². The van der Waals surface area contributed by atoms with Crippen molar-refractivity contribution in [3.63, 3.8) is 0 Å². The zero-order valence-corrected chi connectivity index (χ0v) is 8.32. The van der Waals surface area contributed by atoms with Crippen LogP contribution in [0.25, 0.3) is 10.9 Å². The van der Waals surface area contributed by atoms with E-state index in [9.17, 15) is 4.79 Å². The molecule has 0 saturated heterocycles. The molecule has 2 rings (SSSR count). The zero-order chi connectivity index (χ0) is 10.1. The summed E-state index contributed by atoms with van der Waals surface area (Å²) in [6.45, 7) is 1.87. The first-order chi connectivity index (χ1) is 6.72. The molecule has 0 fully saturated rings. The molecule has 0 aliphatic rings. The molecule has 2 aromatic rings. The molecule has 1 heterocycles. The smallest absolute Gasteiger partial charge is 0.162 e. The first-order valence-electron chi connectivity index (χ1n) is 4.67.